The zero-order chi connectivity index (χ0) is 11.9. The summed E-state index contributed by atoms with van der Waals surface area (Å²) in [6.07, 6.45) is 8.57. The number of amides is 1. The maximum atomic E-state index is 11.8. The fraction of sp³-hybridized carbons (Fsp3) is 0.667. The van der Waals surface area contributed by atoms with Crippen molar-refractivity contribution >= 4 is 30.7 Å². The highest BCUT2D eigenvalue weighted by Crippen LogP contribution is 2.09. The number of imidazole rings is 1. The van der Waals surface area contributed by atoms with Gasteiger partial charge in [-0.1, -0.05) is 0 Å². The van der Waals surface area contributed by atoms with Crippen LogP contribution in [0.1, 0.15) is 19.3 Å². The molecule has 0 radical (unpaired) electrons. The van der Waals surface area contributed by atoms with Crippen molar-refractivity contribution < 1.29 is 4.79 Å². The Labute approximate surface area is 126 Å². The van der Waals surface area contributed by atoms with Crippen LogP contribution in [0.25, 0.3) is 0 Å². The number of nitrogens with one attached hydrogen (secondary N) is 2. The van der Waals surface area contributed by atoms with Gasteiger partial charge in [0.1, 0.15) is 0 Å². The molecule has 1 fully saturated rings. The maximum absolute atomic E-state index is 11.8. The minimum atomic E-state index is 0. The second-order valence-corrected chi connectivity index (χ2v) is 4.49. The van der Waals surface area contributed by atoms with Gasteiger partial charge in [-0.05, 0) is 25.8 Å². The first-order chi connectivity index (χ1) is 8.36. The highest BCUT2D eigenvalue weighted by molar-refractivity contribution is 5.85. The van der Waals surface area contributed by atoms with Crippen LogP contribution in [0.4, 0.5) is 0 Å². The van der Waals surface area contributed by atoms with Gasteiger partial charge >= 0.3 is 0 Å². The summed E-state index contributed by atoms with van der Waals surface area (Å²) in [6, 6.07) is 0. The first kappa shape index (κ1) is 18.2. The fourth-order valence-electron chi connectivity index (χ4n) is 2.11. The third-order valence-electron chi connectivity index (χ3n) is 3.12. The van der Waals surface area contributed by atoms with Crippen LogP contribution in [0.2, 0.25) is 0 Å². The van der Waals surface area contributed by atoms with Crippen molar-refractivity contribution in [3.05, 3.63) is 18.7 Å². The second-order valence-electron chi connectivity index (χ2n) is 4.49. The summed E-state index contributed by atoms with van der Waals surface area (Å²) in [5, 5.41) is 6.26. The van der Waals surface area contributed by atoms with E-state index in [-0.39, 0.29) is 36.6 Å². The van der Waals surface area contributed by atoms with Crippen molar-refractivity contribution in [1.82, 2.24) is 20.2 Å². The SMILES string of the molecule is Cl.Cl.O=C(NCCCn1ccnc1)C1CCCNC1. The highest BCUT2D eigenvalue weighted by Gasteiger charge is 2.19. The number of hydrogen-bond acceptors (Lipinski definition) is 3. The largest absolute Gasteiger partial charge is 0.356 e. The molecule has 1 atom stereocenters. The Balaban J connectivity index is 0.00000162. The Morgan fingerprint density at radius 3 is 2.95 bits per heavy atom. The van der Waals surface area contributed by atoms with E-state index in [1.807, 2.05) is 10.8 Å². The smallest absolute Gasteiger partial charge is 0.224 e. The van der Waals surface area contributed by atoms with E-state index < -0.39 is 0 Å². The van der Waals surface area contributed by atoms with Crippen molar-refractivity contribution in [3.63, 3.8) is 0 Å². The van der Waals surface area contributed by atoms with Gasteiger partial charge in [0.25, 0.3) is 0 Å². The van der Waals surface area contributed by atoms with Crippen LogP contribution in [0.3, 0.4) is 0 Å². The van der Waals surface area contributed by atoms with Gasteiger partial charge in [-0.2, -0.15) is 0 Å². The van der Waals surface area contributed by atoms with Crippen molar-refractivity contribution in [3.8, 4) is 0 Å². The molecular formula is C12H22Cl2N4O. The topological polar surface area (TPSA) is 59.0 Å². The lowest BCUT2D eigenvalue weighted by Crippen LogP contribution is -2.40. The molecule has 2 N–H and O–H groups in total. The van der Waals surface area contributed by atoms with Crippen molar-refractivity contribution in [2.45, 2.75) is 25.8 Å². The number of aromatic nitrogens is 2. The molecule has 1 amide bonds. The molecule has 7 heteroatoms. The number of carbonyl (C=O) groups excluding carboxylic acids is 1. The molecule has 1 aliphatic rings. The Bertz CT molecular complexity index is 340. The molecule has 1 unspecified atom stereocenters. The summed E-state index contributed by atoms with van der Waals surface area (Å²) in [7, 11) is 0. The molecule has 1 saturated heterocycles. The van der Waals surface area contributed by atoms with Crippen LogP contribution in [0, 0.1) is 5.92 Å². The maximum Gasteiger partial charge on any atom is 0.224 e. The molecule has 0 spiro atoms. The zero-order valence-electron chi connectivity index (χ0n) is 10.9. The number of aryl methyl sites for hydroxylation is 1. The van der Waals surface area contributed by atoms with Crippen molar-refractivity contribution in [1.29, 1.82) is 0 Å². The van der Waals surface area contributed by atoms with Crippen LogP contribution >= 0.6 is 24.8 Å². The molecule has 1 aliphatic heterocycles. The molecule has 5 nitrogen and oxygen atoms in total. The molecule has 1 aromatic rings. The molecule has 0 aromatic carbocycles. The van der Waals surface area contributed by atoms with E-state index in [0.717, 1.165) is 45.4 Å². The molecule has 110 valence electrons. The molecule has 0 bridgehead atoms. The van der Waals surface area contributed by atoms with Gasteiger partial charge in [-0.3, -0.25) is 4.79 Å². The van der Waals surface area contributed by atoms with E-state index in [1.165, 1.54) is 0 Å². The molecule has 0 saturated carbocycles. The predicted molar refractivity (Wildman–Crippen MR) is 79.9 cm³/mol. The Morgan fingerprint density at radius 2 is 2.32 bits per heavy atom. The Kier molecular flexibility index (Phi) is 9.65. The second kappa shape index (κ2) is 10.1. The first-order valence-electron chi connectivity index (χ1n) is 6.30. The summed E-state index contributed by atoms with van der Waals surface area (Å²) in [4.78, 5) is 15.8. The molecular weight excluding hydrogens is 287 g/mol. The van der Waals surface area contributed by atoms with E-state index in [9.17, 15) is 4.79 Å². The Morgan fingerprint density at radius 1 is 1.47 bits per heavy atom. The van der Waals surface area contributed by atoms with Gasteiger partial charge in [-0.25, -0.2) is 4.98 Å². The number of hydrogen-bond donors (Lipinski definition) is 2. The monoisotopic (exact) mass is 308 g/mol. The summed E-state index contributed by atoms with van der Waals surface area (Å²) >= 11 is 0. The predicted octanol–water partition coefficient (Wildman–Crippen LogP) is 1.23. The van der Waals surface area contributed by atoms with E-state index in [2.05, 4.69) is 15.6 Å². The van der Waals surface area contributed by atoms with Gasteiger partial charge in [0, 0.05) is 32.0 Å². The van der Waals surface area contributed by atoms with Gasteiger partial charge in [0.15, 0.2) is 0 Å². The molecule has 19 heavy (non-hydrogen) atoms. The van der Waals surface area contributed by atoms with Crippen molar-refractivity contribution in [2.24, 2.45) is 5.92 Å². The molecule has 2 heterocycles. The van der Waals surface area contributed by atoms with Crippen LogP contribution in [-0.2, 0) is 11.3 Å². The molecule has 2 rings (SSSR count). The minimum absolute atomic E-state index is 0. The van der Waals surface area contributed by atoms with E-state index in [1.54, 1.807) is 12.5 Å². The van der Waals surface area contributed by atoms with Crippen LogP contribution in [0.15, 0.2) is 18.7 Å². The average Bonchev–Trinajstić information content (AvgIpc) is 2.88. The van der Waals surface area contributed by atoms with Gasteiger partial charge in [-0.15, -0.1) is 24.8 Å². The standard InChI is InChI=1S/C12H20N4O.2ClH/c17-12(11-3-1-4-13-9-11)15-5-2-7-16-8-6-14-10-16;;/h6,8,10-11,13H,1-5,7,9H2,(H,15,17);2*1H. The van der Waals surface area contributed by atoms with Crippen LogP contribution in [0.5, 0.6) is 0 Å². The lowest BCUT2D eigenvalue weighted by Gasteiger charge is -2.21. The van der Waals surface area contributed by atoms with Crippen LogP contribution in [-0.4, -0.2) is 35.1 Å². The number of nitrogens with zero attached hydrogens (tertiary/aromatic N) is 2. The van der Waals surface area contributed by atoms with Gasteiger partial charge in [0.2, 0.25) is 5.91 Å². The summed E-state index contributed by atoms with van der Waals surface area (Å²) in [5.74, 6) is 0.361. The van der Waals surface area contributed by atoms with Gasteiger partial charge < -0.3 is 15.2 Å². The fourth-order valence-corrected chi connectivity index (χ4v) is 2.11. The minimum Gasteiger partial charge on any atom is -0.356 e. The third kappa shape index (κ3) is 6.27. The van der Waals surface area contributed by atoms with E-state index >= 15 is 0 Å². The summed E-state index contributed by atoms with van der Waals surface area (Å²) < 4.78 is 2.02. The van der Waals surface area contributed by atoms with Crippen molar-refractivity contribution in [2.75, 3.05) is 19.6 Å². The number of rotatable bonds is 5. The highest BCUT2D eigenvalue weighted by atomic mass is 35.5. The number of piperidine rings is 1. The number of carbonyl (C=O) groups is 1. The first-order valence-corrected chi connectivity index (χ1v) is 6.30. The van der Waals surface area contributed by atoms with E-state index in [0.29, 0.717) is 0 Å². The molecule has 1 aromatic heterocycles. The van der Waals surface area contributed by atoms with Gasteiger partial charge in [0.05, 0.1) is 12.2 Å². The summed E-state index contributed by atoms with van der Waals surface area (Å²) in [5.41, 5.74) is 0. The quantitative estimate of drug-likeness (QED) is 0.805. The summed E-state index contributed by atoms with van der Waals surface area (Å²) in [6.45, 7) is 3.52. The lowest BCUT2D eigenvalue weighted by molar-refractivity contribution is -0.125. The molecule has 0 aliphatic carbocycles. The average molecular weight is 309 g/mol. The third-order valence-corrected chi connectivity index (χ3v) is 3.12. The van der Waals surface area contributed by atoms with E-state index in [4.69, 9.17) is 0 Å². The number of halogens is 2. The Hall–Kier alpha value is -0.780. The zero-order valence-corrected chi connectivity index (χ0v) is 12.5. The lowest BCUT2D eigenvalue weighted by atomic mass is 9.99. The van der Waals surface area contributed by atoms with Crippen LogP contribution < -0.4 is 10.6 Å². The normalized spacial score (nSPS) is 18.0.